The molecule has 0 spiro atoms. The summed E-state index contributed by atoms with van der Waals surface area (Å²) in [6.07, 6.45) is -0.941. The van der Waals surface area contributed by atoms with Crippen molar-refractivity contribution < 1.29 is 24.0 Å². The number of alkyl carbamates (subject to hydrolysis) is 1. The van der Waals surface area contributed by atoms with E-state index in [9.17, 15) is 19.7 Å². The number of ether oxygens (including phenoxy) is 2. The molecular formula is C16H20N2O6. The molecule has 0 unspecified atom stereocenters. The van der Waals surface area contributed by atoms with Gasteiger partial charge in [0, 0.05) is 25.5 Å². The van der Waals surface area contributed by atoms with Crippen molar-refractivity contribution in [3.05, 3.63) is 39.4 Å². The lowest BCUT2D eigenvalue weighted by Gasteiger charge is -2.25. The summed E-state index contributed by atoms with van der Waals surface area (Å²) in [5.41, 5.74) is 0.563. The average Bonchev–Trinajstić information content (AvgIpc) is 2.73. The molecule has 8 nitrogen and oxygen atoms in total. The number of rotatable bonds is 3. The molecule has 1 amide bonds. The number of nitro benzene ring substituents is 1. The molecule has 8 heteroatoms. The van der Waals surface area contributed by atoms with Crippen molar-refractivity contribution in [3.63, 3.8) is 0 Å². The van der Waals surface area contributed by atoms with Crippen LogP contribution in [0.2, 0.25) is 0 Å². The van der Waals surface area contributed by atoms with Crippen LogP contribution in [0.1, 0.15) is 44.9 Å². The third-order valence-corrected chi connectivity index (χ3v) is 3.46. The second-order valence-corrected chi connectivity index (χ2v) is 6.62. The SMILES string of the molecule is CC(=O)O[C@@H]1Cc2ccc([N+](=O)[O-])cc2[C@H]1NC(=O)OC(C)(C)C. The van der Waals surface area contributed by atoms with Crippen LogP contribution in [0.15, 0.2) is 18.2 Å². The van der Waals surface area contributed by atoms with Crippen molar-refractivity contribution in [3.8, 4) is 0 Å². The van der Waals surface area contributed by atoms with Gasteiger partial charge in [-0.15, -0.1) is 0 Å². The third-order valence-electron chi connectivity index (χ3n) is 3.46. The normalized spacial score (nSPS) is 19.3. The van der Waals surface area contributed by atoms with Crippen molar-refractivity contribution in [1.29, 1.82) is 0 Å². The molecule has 0 heterocycles. The van der Waals surface area contributed by atoms with Crippen molar-refractivity contribution >= 4 is 17.7 Å². The van der Waals surface area contributed by atoms with E-state index >= 15 is 0 Å². The highest BCUT2D eigenvalue weighted by atomic mass is 16.6. The minimum absolute atomic E-state index is 0.0896. The molecule has 1 aliphatic carbocycles. The van der Waals surface area contributed by atoms with E-state index in [0.717, 1.165) is 5.56 Å². The van der Waals surface area contributed by atoms with Gasteiger partial charge in [-0.05, 0) is 31.9 Å². The van der Waals surface area contributed by atoms with E-state index < -0.39 is 34.7 Å². The molecule has 2 atom stereocenters. The van der Waals surface area contributed by atoms with Gasteiger partial charge in [-0.3, -0.25) is 14.9 Å². The van der Waals surface area contributed by atoms with Gasteiger partial charge in [0.25, 0.3) is 5.69 Å². The van der Waals surface area contributed by atoms with Gasteiger partial charge in [-0.25, -0.2) is 4.79 Å². The molecule has 0 aliphatic heterocycles. The number of esters is 1. The van der Waals surface area contributed by atoms with Gasteiger partial charge in [-0.1, -0.05) is 6.07 Å². The van der Waals surface area contributed by atoms with Gasteiger partial charge < -0.3 is 14.8 Å². The number of amides is 1. The maximum atomic E-state index is 12.1. The predicted molar refractivity (Wildman–Crippen MR) is 84.5 cm³/mol. The van der Waals surface area contributed by atoms with Crippen LogP contribution in [0, 0.1) is 10.1 Å². The summed E-state index contributed by atoms with van der Waals surface area (Å²) in [5, 5.41) is 13.6. The Hall–Kier alpha value is -2.64. The van der Waals surface area contributed by atoms with Crippen LogP contribution in [0.4, 0.5) is 10.5 Å². The molecule has 130 valence electrons. The molecule has 1 aromatic rings. The quantitative estimate of drug-likeness (QED) is 0.516. The Bertz CT molecular complexity index is 680. The van der Waals surface area contributed by atoms with Crippen LogP contribution in [-0.4, -0.2) is 28.7 Å². The molecular weight excluding hydrogens is 316 g/mol. The van der Waals surface area contributed by atoms with Crippen LogP contribution >= 0.6 is 0 Å². The fourth-order valence-corrected chi connectivity index (χ4v) is 2.63. The lowest BCUT2D eigenvalue weighted by molar-refractivity contribution is -0.384. The zero-order chi connectivity index (χ0) is 18.1. The second kappa shape index (κ2) is 6.46. The molecule has 0 fully saturated rings. The zero-order valence-electron chi connectivity index (χ0n) is 14.0. The molecule has 2 rings (SSSR count). The standard InChI is InChI=1S/C16H20N2O6/c1-9(19)23-13-7-10-5-6-11(18(21)22)8-12(10)14(13)17-15(20)24-16(2,3)4/h5-6,8,13-14H,7H2,1-4H3,(H,17,20)/t13-,14-/m1/s1. The monoisotopic (exact) mass is 336 g/mol. The molecule has 0 saturated heterocycles. The van der Waals surface area contributed by atoms with Crippen molar-refractivity contribution in [1.82, 2.24) is 5.32 Å². The summed E-state index contributed by atoms with van der Waals surface area (Å²) < 4.78 is 10.5. The molecule has 1 N–H and O–H groups in total. The predicted octanol–water partition coefficient (Wildman–Crippen LogP) is 2.65. The van der Waals surface area contributed by atoms with Crippen LogP contribution in [0.25, 0.3) is 0 Å². The van der Waals surface area contributed by atoms with E-state index in [1.807, 2.05) is 0 Å². The molecule has 1 aliphatic rings. The minimum atomic E-state index is -0.696. The van der Waals surface area contributed by atoms with Gasteiger partial charge in [0.2, 0.25) is 0 Å². The summed E-state index contributed by atoms with van der Waals surface area (Å²) in [6, 6.07) is 3.69. The van der Waals surface area contributed by atoms with Gasteiger partial charge in [-0.2, -0.15) is 0 Å². The van der Waals surface area contributed by atoms with Crippen molar-refractivity contribution in [2.45, 2.75) is 51.9 Å². The summed E-state index contributed by atoms with van der Waals surface area (Å²) in [4.78, 5) is 33.9. The molecule has 0 bridgehead atoms. The van der Waals surface area contributed by atoms with Gasteiger partial charge in [0.15, 0.2) is 0 Å². The number of nitrogens with one attached hydrogen (secondary N) is 1. The van der Waals surface area contributed by atoms with Crippen molar-refractivity contribution in [2.75, 3.05) is 0 Å². The van der Waals surface area contributed by atoms with E-state index in [-0.39, 0.29) is 5.69 Å². The van der Waals surface area contributed by atoms with E-state index in [0.29, 0.717) is 12.0 Å². The zero-order valence-corrected chi connectivity index (χ0v) is 14.0. The summed E-state index contributed by atoms with van der Waals surface area (Å²) in [6.45, 7) is 6.45. The molecule has 0 aromatic heterocycles. The van der Waals surface area contributed by atoms with E-state index in [1.165, 1.54) is 19.1 Å². The number of nitrogens with zero attached hydrogens (tertiary/aromatic N) is 1. The number of nitro groups is 1. The van der Waals surface area contributed by atoms with E-state index in [1.54, 1.807) is 26.8 Å². The third kappa shape index (κ3) is 4.21. The second-order valence-electron chi connectivity index (χ2n) is 6.62. The Balaban J connectivity index is 2.29. The number of hydrogen-bond acceptors (Lipinski definition) is 6. The Morgan fingerprint density at radius 1 is 1.33 bits per heavy atom. The van der Waals surface area contributed by atoms with Gasteiger partial charge >= 0.3 is 12.1 Å². The molecule has 1 aromatic carbocycles. The Morgan fingerprint density at radius 2 is 2.00 bits per heavy atom. The first-order valence-electron chi connectivity index (χ1n) is 7.51. The highest BCUT2D eigenvalue weighted by molar-refractivity contribution is 5.70. The van der Waals surface area contributed by atoms with Crippen LogP contribution in [0.3, 0.4) is 0 Å². The first-order chi connectivity index (χ1) is 11.1. The number of non-ortho nitro benzene ring substituents is 1. The number of hydrogen-bond donors (Lipinski definition) is 1. The first kappa shape index (κ1) is 17.7. The fraction of sp³-hybridized carbons (Fsp3) is 0.500. The topological polar surface area (TPSA) is 108 Å². The Labute approximate surface area is 139 Å². The Morgan fingerprint density at radius 3 is 2.54 bits per heavy atom. The summed E-state index contributed by atoms with van der Waals surface area (Å²) in [7, 11) is 0. The number of carbonyl (C=O) groups is 2. The average molecular weight is 336 g/mol. The van der Waals surface area contributed by atoms with Crippen LogP contribution < -0.4 is 5.32 Å². The van der Waals surface area contributed by atoms with Gasteiger partial charge in [0.1, 0.15) is 11.7 Å². The number of fused-ring (bicyclic) bond motifs is 1. The smallest absolute Gasteiger partial charge is 0.408 e. The number of benzene rings is 1. The molecule has 0 radical (unpaired) electrons. The first-order valence-corrected chi connectivity index (χ1v) is 7.51. The Kier molecular flexibility index (Phi) is 4.77. The van der Waals surface area contributed by atoms with Gasteiger partial charge in [0.05, 0.1) is 11.0 Å². The maximum Gasteiger partial charge on any atom is 0.408 e. The van der Waals surface area contributed by atoms with Crippen LogP contribution in [-0.2, 0) is 20.7 Å². The molecule has 0 saturated carbocycles. The van der Waals surface area contributed by atoms with E-state index in [4.69, 9.17) is 9.47 Å². The molecule has 24 heavy (non-hydrogen) atoms. The summed E-state index contributed by atoms with van der Waals surface area (Å²) in [5.74, 6) is -0.488. The lowest BCUT2D eigenvalue weighted by atomic mass is 10.1. The highest BCUT2D eigenvalue weighted by Gasteiger charge is 2.37. The van der Waals surface area contributed by atoms with E-state index in [2.05, 4.69) is 5.32 Å². The summed E-state index contributed by atoms with van der Waals surface area (Å²) >= 11 is 0. The number of carbonyl (C=O) groups excluding carboxylic acids is 2. The van der Waals surface area contributed by atoms with Crippen LogP contribution in [0.5, 0.6) is 0 Å². The van der Waals surface area contributed by atoms with Crippen molar-refractivity contribution in [2.24, 2.45) is 0 Å². The lowest BCUT2D eigenvalue weighted by Crippen LogP contribution is -2.39. The largest absolute Gasteiger partial charge is 0.460 e. The maximum absolute atomic E-state index is 12.1. The minimum Gasteiger partial charge on any atom is -0.460 e. The fourth-order valence-electron chi connectivity index (χ4n) is 2.63. The highest BCUT2D eigenvalue weighted by Crippen LogP contribution is 2.36.